The molecule has 1 fully saturated rings. The molecule has 2 N–H and O–H groups in total. The van der Waals surface area contributed by atoms with Crippen LogP contribution >= 0.6 is 0 Å². The lowest BCUT2D eigenvalue weighted by Crippen LogP contribution is -2.26. The molecule has 2 heterocycles. The van der Waals surface area contributed by atoms with Gasteiger partial charge >= 0.3 is 0 Å². The van der Waals surface area contributed by atoms with E-state index in [1.54, 1.807) is 30.3 Å². The average Bonchev–Trinajstić information content (AvgIpc) is 3.33. The first-order valence-corrected chi connectivity index (χ1v) is 12.1. The largest absolute Gasteiger partial charge is 0.508 e. The fraction of sp³-hybridized carbons (Fsp3) is 0.310. The minimum absolute atomic E-state index is 0.0628. The highest BCUT2D eigenvalue weighted by Gasteiger charge is 2.29. The summed E-state index contributed by atoms with van der Waals surface area (Å²) in [6.07, 6.45) is 0.920. The molecular formula is C29H30FNO4. The van der Waals surface area contributed by atoms with Crippen LogP contribution in [0.5, 0.6) is 23.0 Å². The fourth-order valence-electron chi connectivity index (χ4n) is 4.99. The molecule has 35 heavy (non-hydrogen) atoms. The first kappa shape index (κ1) is 23.2. The third-order valence-electron chi connectivity index (χ3n) is 6.89. The van der Waals surface area contributed by atoms with E-state index in [9.17, 15) is 14.6 Å². The van der Waals surface area contributed by atoms with Gasteiger partial charge in [0.1, 0.15) is 35.4 Å². The Morgan fingerprint density at radius 2 is 1.80 bits per heavy atom. The molecule has 6 heteroatoms. The monoisotopic (exact) mass is 475 g/mol. The van der Waals surface area contributed by atoms with Crippen molar-refractivity contribution in [2.75, 3.05) is 32.9 Å². The number of benzene rings is 3. The van der Waals surface area contributed by atoms with E-state index < -0.39 is 0 Å². The molecule has 3 aromatic rings. The molecule has 5 nitrogen and oxygen atoms in total. The van der Waals surface area contributed by atoms with Gasteiger partial charge in [0.2, 0.25) is 0 Å². The van der Waals surface area contributed by atoms with Gasteiger partial charge in [-0.1, -0.05) is 19.1 Å². The lowest BCUT2D eigenvalue weighted by atomic mass is 9.83. The van der Waals surface area contributed by atoms with Crippen molar-refractivity contribution in [3.8, 4) is 23.0 Å². The summed E-state index contributed by atoms with van der Waals surface area (Å²) in [7, 11) is 0. The number of fused-ring (bicyclic) bond motifs is 1. The summed E-state index contributed by atoms with van der Waals surface area (Å²) in [5.41, 5.74) is 3.58. The van der Waals surface area contributed by atoms with Crippen LogP contribution in [0.15, 0.2) is 66.7 Å². The van der Waals surface area contributed by atoms with Crippen molar-refractivity contribution >= 4 is 11.3 Å². The first-order chi connectivity index (χ1) is 17.0. The minimum atomic E-state index is -0.244. The number of aromatic hydroxyl groups is 2. The van der Waals surface area contributed by atoms with Gasteiger partial charge in [-0.2, -0.15) is 0 Å². The lowest BCUT2D eigenvalue weighted by Gasteiger charge is -2.29. The fourth-order valence-corrected chi connectivity index (χ4v) is 4.99. The normalized spacial score (nSPS) is 19.9. The summed E-state index contributed by atoms with van der Waals surface area (Å²) in [4.78, 5) is 2.25. The van der Waals surface area contributed by atoms with Crippen LogP contribution in [0.3, 0.4) is 0 Å². The number of phenolic OH excluding ortho intramolecular Hbond substituents is 2. The third-order valence-corrected chi connectivity index (χ3v) is 6.89. The Bertz CT molecular complexity index is 1220. The van der Waals surface area contributed by atoms with Gasteiger partial charge in [-0.15, -0.1) is 0 Å². The van der Waals surface area contributed by atoms with Crippen LogP contribution in [0.25, 0.3) is 11.3 Å². The standard InChI is InChI=1S/C29H30FNO4/c1-19-26-16-24(33)7-10-27(26)35-29(28(19)22-3-2-4-23(32)15-22)21-5-8-25(9-6-21)34-14-13-31-12-11-20(17-30)18-31/h2-10,15-16,19-20,32-33H,11-14,17-18H2,1H3/t19?,20-/m1/s1. The lowest BCUT2D eigenvalue weighted by molar-refractivity contribution is 0.228. The maximum Gasteiger partial charge on any atom is 0.139 e. The Hall–Kier alpha value is -3.51. The average molecular weight is 476 g/mol. The molecule has 0 bridgehead atoms. The van der Waals surface area contributed by atoms with Gasteiger partial charge in [-0.3, -0.25) is 9.29 Å². The molecule has 5 rings (SSSR count). The minimum Gasteiger partial charge on any atom is -0.508 e. The van der Waals surface area contributed by atoms with Crippen LogP contribution in [0.4, 0.5) is 4.39 Å². The Labute approximate surface area is 205 Å². The molecule has 0 aromatic heterocycles. The molecule has 0 radical (unpaired) electrons. The maximum absolute atomic E-state index is 12.8. The van der Waals surface area contributed by atoms with Crippen LogP contribution in [-0.4, -0.2) is 48.0 Å². The summed E-state index contributed by atoms with van der Waals surface area (Å²) in [6.45, 7) is 4.90. The highest BCUT2D eigenvalue weighted by Crippen LogP contribution is 2.47. The zero-order chi connectivity index (χ0) is 24.4. The van der Waals surface area contributed by atoms with E-state index in [1.807, 2.05) is 36.4 Å². The molecule has 1 unspecified atom stereocenters. The van der Waals surface area contributed by atoms with Crippen molar-refractivity contribution < 1.29 is 24.1 Å². The van der Waals surface area contributed by atoms with Gasteiger partial charge in [0.15, 0.2) is 0 Å². The van der Waals surface area contributed by atoms with Crippen LogP contribution in [0.1, 0.15) is 36.0 Å². The SMILES string of the molecule is CC1C(c2cccc(O)c2)=C(c2ccc(OCCN3CC[C@H](CF)C3)cc2)Oc2ccc(O)cc21. The second kappa shape index (κ2) is 10.0. The predicted octanol–water partition coefficient (Wildman–Crippen LogP) is 5.83. The Morgan fingerprint density at radius 3 is 2.54 bits per heavy atom. The van der Waals surface area contributed by atoms with Crippen LogP contribution < -0.4 is 9.47 Å². The van der Waals surface area contributed by atoms with Crippen molar-refractivity contribution in [3.05, 3.63) is 83.4 Å². The predicted molar refractivity (Wildman–Crippen MR) is 135 cm³/mol. The van der Waals surface area contributed by atoms with E-state index in [0.29, 0.717) is 18.1 Å². The van der Waals surface area contributed by atoms with Gasteiger partial charge in [0.05, 0.1) is 6.67 Å². The van der Waals surface area contributed by atoms with Crippen LogP contribution in [-0.2, 0) is 0 Å². The Kier molecular flexibility index (Phi) is 6.64. The van der Waals surface area contributed by atoms with Crippen molar-refractivity contribution in [3.63, 3.8) is 0 Å². The van der Waals surface area contributed by atoms with E-state index in [1.165, 1.54) is 0 Å². The van der Waals surface area contributed by atoms with Gasteiger partial charge in [-0.05, 0) is 73.1 Å². The molecule has 0 amide bonds. The quantitative estimate of drug-likeness (QED) is 0.450. The first-order valence-electron chi connectivity index (χ1n) is 12.1. The van der Waals surface area contributed by atoms with E-state index in [4.69, 9.17) is 9.47 Å². The smallest absolute Gasteiger partial charge is 0.139 e. The topological polar surface area (TPSA) is 62.2 Å². The highest BCUT2D eigenvalue weighted by atomic mass is 19.1. The molecule has 3 aromatic carbocycles. The molecule has 2 atom stereocenters. The summed E-state index contributed by atoms with van der Waals surface area (Å²) >= 11 is 0. The summed E-state index contributed by atoms with van der Waals surface area (Å²) < 4.78 is 25.1. The van der Waals surface area contributed by atoms with Gasteiger partial charge in [0.25, 0.3) is 0 Å². The number of ether oxygens (including phenoxy) is 2. The third kappa shape index (κ3) is 4.98. The number of rotatable bonds is 7. The number of phenols is 2. The van der Waals surface area contributed by atoms with E-state index in [-0.39, 0.29) is 30.0 Å². The highest BCUT2D eigenvalue weighted by molar-refractivity contribution is 5.93. The van der Waals surface area contributed by atoms with Gasteiger partial charge in [-0.25, -0.2) is 0 Å². The van der Waals surface area contributed by atoms with Crippen LogP contribution in [0.2, 0.25) is 0 Å². The molecule has 0 aliphatic carbocycles. The molecule has 2 aliphatic heterocycles. The van der Waals surface area contributed by atoms with Gasteiger partial charge < -0.3 is 19.7 Å². The van der Waals surface area contributed by atoms with Crippen molar-refractivity contribution in [2.24, 2.45) is 5.92 Å². The molecule has 0 saturated carbocycles. The number of nitrogens with zero attached hydrogens (tertiary/aromatic N) is 1. The number of hydrogen-bond donors (Lipinski definition) is 2. The Morgan fingerprint density at radius 1 is 1.00 bits per heavy atom. The van der Waals surface area contributed by atoms with E-state index in [2.05, 4.69) is 11.8 Å². The molecular weight excluding hydrogens is 445 g/mol. The van der Waals surface area contributed by atoms with E-state index in [0.717, 1.165) is 54.1 Å². The van der Waals surface area contributed by atoms with Crippen molar-refractivity contribution in [1.82, 2.24) is 4.90 Å². The summed E-state index contributed by atoms with van der Waals surface area (Å²) in [5.74, 6) is 2.65. The molecule has 1 saturated heterocycles. The second-order valence-electron chi connectivity index (χ2n) is 9.32. The number of hydrogen-bond acceptors (Lipinski definition) is 5. The number of likely N-dealkylation sites (tertiary alicyclic amines) is 1. The van der Waals surface area contributed by atoms with E-state index >= 15 is 0 Å². The Balaban J connectivity index is 1.39. The van der Waals surface area contributed by atoms with Crippen molar-refractivity contribution in [1.29, 1.82) is 0 Å². The second-order valence-corrected chi connectivity index (χ2v) is 9.32. The van der Waals surface area contributed by atoms with Crippen LogP contribution in [0, 0.1) is 5.92 Å². The zero-order valence-electron chi connectivity index (χ0n) is 19.8. The summed E-state index contributed by atoms with van der Waals surface area (Å²) in [6, 6.07) is 20.1. The number of alkyl halides is 1. The van der Waals surface area contributed by atoms with Gasteiger partial charge in [0, 0.05) is 41.6 Å². The molecule has 2 aliphatic rings. The summed E-state index contributed by atoms with van der Waals surface area (Å²) in [5, 5.41) is 20.2. The molecule has 0 spiro atoms. The molecule has 182 valence electrons. The van der Waals surface area contributed by atoms with Crippen molar-refractivity contribution in [2.45, 2.75) is 19.3 Å². The maximum atomic E-state index is 12.8. The number of allylic oxidation sites excluding steroid dienone is 1. The number of halogens is 1. The zero-order valence-corrected chi connectivity index (χ0v) is 19.8.